The number of benzene rings is 1. The predicted octanol–water partition coefficient (Wildman–Crippen LogP) is 2.82. The van der Waals surface area contributed by atoms with Crippen LogP contribution < -0.4 is 5.32 Å². The Bertz CT molecular complexity index is 605. The molecule has 0 aliphatic heterocycles. The Morgan fingerprint density at radius 1 is 1.10 bits per heavy atom. The van der Waals surface area contributed by atoms with Crippen molar-refractivity contribution in [2.24, 2.45) is 0 Å². The molecule has 104 valence electrons. The fourth-order valence-electron chi connectivity index (χ4n) is 1.54. The van der Waals surface area contributed by atoms with Crippen molar-refractivity contribution in [1.29, 1.82) is 0 Å². The second-order valence-electron chi connectivity index (χ2n) is 3.93. The Labute approximate surface area is 111 Å². The smallest absolute Gasteiger partial charge is 0.239 e. The molecule has 1 aromatic heterocycles. The van der Waals surface area contributed by atoms with E-state index in [-0.39, 0.29) is 11.3 Å². The fourth-order valence-corrected chi connectivity index (χ4v) is 1.54. The molecule has 0 fully saturated rings. The van der Waals surface area contributed by atoms with Gasteiger partial charge in [-0.3, -0.25) is 4.79 Å². The van der Waals surface area contributed by atoms with Gasteiger partial charge in [0.2, 0.25) is 17.8 Å². The Morgan fingerprint density at radius 3 is 2.50 bits per heavy atom. The van der Waals surface area contributed by atoms with Crippen molar-refractivity contribution in [2.45, 2.75) is 6.42 Å². The fraction of sp³-hybridized carbons (Fsp3) is 0.0769. The number of anilines is 1. The number of pyridine rings is 1. The van der Waals surface area contributed by atoms with Crippen molar-refractivity contribution in [1.82, 2.24) is 4.98 Å². The van der Waals surface area contributed by atoms with E-state index in [1.54, 1.807) is 0 Å². The zero-order valence-electron chi connectivity index (χ0n) is 9.96. The maximum Gasteiger partial charge on any atom is 0.239 e. The number of nitrogens with zero attached hydrogens (tertiary/aromatic N) is 1. The minimum atomic E-state index is -1.18. The zero-order chi connectivity index (χ0) is 14.7. The first-order chi connectivity index (χ1) is 9.45. The molecule has 0 aliphatic rings. The van der Waals surface area contributed by atoms with Crippen LogP contribution in [0.1, 0.15) is 5.56 Å². The van der Waals surface area contributed by atoms with Crippen LogP contribution in [0.5, 0.6) is 0 Å². The van der Waals surface area contributed by atoms with E-state index in [1.165, 1.54) is 0 Å². The number of carbonyl (C=O) groups is 1. The third-order valence-electron chi connectivity index (χ3n) is 2.45. The molecule has 0 atom stereocenters. The Morgan fingerprint density at radius 2 is 1.85 bits per heavy atom. The highest BCUT2D eigenvalue weighted by Gasteiger charge is 2.12. The lowest BCUT2D eigenvalue weighted by atomic mass is 10.1. The number of halogens is 4. The third kappa shape index (κ3) is 3.31. The van der Waals surface area contributed by atoms with Crippen LogP contribution >= 0.6 is 0 Å². The van der Waals surface area contributed by atoms with Crippen molar-refractivity contribution in [2.75, 3.05) is 5.32 Å². The molecule has 0 bridgehead atoms. The lowest BCUT2D eigenvalue weighted by molar-refractivity contribution is -0.115. The first kappa shape index (κ1) is 14.0. The van der Waals surface area contributed by atoms with E-state index in [1.807, 2.05) is 0 Å². The lowest BCUT2D eigenvalue weighted by Crippen LogP contribution is -2.16. The molecule has 2 rings (SSSR count). The summed E-state index contributed by atoms with van der Waals surface area (Å²) in [6.07, 6.45) is -0.414. The summed E-state index contributed by atoms with van der Waals surface area (Å²) >= 11 is 0. The van der Waals surface area contributed by atoms with Gasteiger partial charge in [-0.2, -0.15) is 13.8 Å². The molecule has 0 saturated heterocycles. The molecule has 1 N–H and O–H groups in total. The molecular formula is C13H8F4N2O. The van der Waals surface area contributed by atoms with Crippen LogP contribution in [-0.2, 0) is 11.2 Å². The van der Waals surface area contributed by atoms with Crippen molar-refractivity contribution < 1.29 is 22.4 Å². The summed E-state index contributed by atoms with van der Waals surface area (Å²) < 4.78 is 51.8. The van der Waals surface area contributed by atoms with Crippen LogP contribution in [0.25, 0.3) is 0 Å². The first-order valence-electron chi connectivity index (χ1n) is 5.51. The van der Waals surface area contributed by atoms with Crippen LogP contribution in [0.15, 0.2) is 30.3 Å². The molecule has 1 heterocycles. The number of carbonyl (C=O) groups excluding carboxylic acids is 1. The first-order valence-corrected chi connectivity index (χ1v) is 5.51. The predicted molar refractivity (Wildman–Crippen MR) is 62.8 cm³/mol. The van der Waals surface area contributed by atoms with Gasteiger partial charge in [-0.05, 0) is 23.8 Å². The summed E-state index contributed by atoms with van der Waals surface area (Å²) in [5, 5.41) is 2.12. The highest BCUT2D eigenvalue weighted by molar-refractivity contribution is 5.92. The number of hydrogen-bond donors (Lipinski definition) is 1. The van der Waals surface area contributed by atoms with Crippen molar-refractivity contribution in [3.8, 4) is 0 Å². The molecule has 0 aliphatic carbocycles. The van der Waals surface area contributed by atoms with Gasteiger partial charge in [0.1, 0.15) is 11.6 Å². The Balaban J connectivity index is 2.09. The summed E-state index contributed by atoms with van der Waals surface area (Å²) in [6, 6.07) is 4.63. The van der Waals surface area contributed by atoms with Gasteiger partial charge in [0.25, 0.3) is 0 Å². The number of amides is 1. The van der Waals surface area contributed by atoms with E-state index in [9.17, 15) is 22.4 Å². The molecule has 0 spiro atoms. The lowest BCUT2D eigenvalue weighted by Gasteiger charge is -2.06. The average Bonchev–Trinajstić information content (AvgIpc) is 2.36. The van der Waals surface area contributed by atoms with Gasteiger partial charge in [-0.25, -0.2) is 8.78 Å². The van der Waals surface area contributed by atoms with Crippen LogP contribution in [-0.4, -0.2) is 10.9 Å². The van der Waals surface area contributed by atoms with Gasteiger partial charge in [-0.1, -0.05) is 6.07 Å². The molecule has 1 aromatic carbocycles. The molecule has 20 heavy (non-hydrogen) atoms. The molecule has 0 radical (unpaired) electrons. The van der Waals surface area contributed by atoms with Gasteiger partial charge >= 0.3 is 0 Å². The minimum absolute atomic E-state index is 0.0422. The van der Waals surface area contributed by atoms with Gasteiger partial charge < -0.3 is 5.32 Å². The van der Waals surface area contributed by atoms with Crippen LogP contribution in [0.4, 0.5) is 23.2 Å². The number of hydrogen-bond acceptors (Lipinski definition) is 2. The van der Waals surface area contributed by atoms with Gasteiger partial charge in [0.15, 0.2) is 0 Å². The van der Waals surface area contributed by atoms with E-state index in [4.69, 9.17) is 0 Å². The van der Waals surface area contributed by atoms with E-state index < -0.39 is 35.9 Å². The van der Waals surface area contributed by atoms with Crippen LogP contribution in [0, 0.1) is 23.5 Å². The normalized spacial score (nSPS) is 10.4. The van der Waals surface area contributed by atoms with E-state index >= 15 is 0 Å². The maximum absolute atomic E-state index is 13.3. The zero-order valence-corrected chi connectivity index (χ0v) is 9.96. The van der Waals surface area contributed by atoms with Crippen LogP contribution in [0.2, 0.25) is 0 Å². The number of rotatable bonds is 3. The van der Waals surface area contributed by atoms with E-state index in [2.05, 4.69) is 10.3 Å². The molecule has 0 unspecified atom stereocenters. The standard InChI is InChI=1S/C13H8F4N2O/c14-8-2-1-7(9(15)6-8)5-12(20)18-10-3-4-11(16)19-13(10)17/h1-4,6H,5H2,(H,18,20). The van der Waals surface area contributed by atoms with Gasteiger partial charge in [-0.15, -0.1) is 0 Å². The van der Waals surface area contributed by atoms with Crippen molar-refractivity contribution in [3.05, 3.63) is 59.4 Å². The maximum atomic E-state index is 13.3. The number of aromatic nitrogens is 1. The van der Waals surface area contributed by atoms with Crippen molar-refractivity contribution in [3.63, 3.8) is 0 Å². The summed E-state index contributed by atoms with van der Waals surface area (Å²) in [4.78, 5) is 14.5. The molecule has 2 aromatic rings. The molecule has 7 heteroatoms. The molecule has 1 amide bonds. The van der Waals surface area contributed by atoms with E-state index in [0.29, 0.717) is 6.07 Å². The van der Waals surface area contributed by atoms with Crippen LogP contribution in [0.3, 0.4) is 0 Å². The second kappa shape index (κ2) is 5.68. The van der Waals surface area contributed by atoms with Gasteiger partial charge in [0, 0.05) is 6.07 Å². The number of nitrogens with one attached hydrogen (secondary N) is 1. The van der Waals surface area contributed by atoms with E-state index in [0.717, 1.165) is 24.3 Å². The summed E-state index contributed by atoms with van der Waals surface area (Å²) in [7, 11) is 0. The Hall–Kier alpha value is -2.44. The second-order valence-corrected chi connectivity index (χ2v) is 3.93. The molecular weight excluding hydrogens is 276 g/mol. The Kier molecular flexibility index (Phi) is 3.97. The quantitative estimate of drug-likeness (QED) is 0.695. The monoisotopic (exact) mass is 284 g/mol. The topological polar surface area (TPSA) is 42.0 Å². The summed E-state index contributed by atoms with van der Waals surface area (Å²) in [5.41, 5.74) is -0.363. The van der Waals surface area contributed by atoms with Gasteiger partial charge in [0.05, 0.1) is 12.1 Å². The summed E-state index contributed by atoms with van der Waals surface area (Å²) in [6.45, 7) is 0. The highest BCUT2D eigenvalue weighted by atomic mass is 19.1. The minimum Gasteiger partial charge on any atom is -0.322 e. The molecule has 0 saturated carbocycles. The van der Waals surface area contributed by atoms with Crippen molar-refractivity contribution >= 4 is 11.6 Å². The SMILES string of the molecule is O=C(Cc1ccc(F)cc1F)Nc1ccc(F)nc1F. The largest absolute Gasteiger partial charge is 0.322 e. The third-order valence-corrected chi connectivity index (χ3v) is 2.45. The average molecular weight is 284 g/mol. The molecule has 3 nitrogen and oxygen atoms in total. The highest BCUT2D eigenvalue weighted by Crippen LogP contribution is 2.14. The summed E-state index contributed by atoms with van der Waals surface area (Å²) in [5.74, 6) is -4.58.